The second-order valence-corrected chi connectivity index (χ2v) is 15.9. The molecule has 3 aromatic rings. The maximum Gasteiger partial charge on any atom is 0.418 e. The Hall–Kier alpha value is -4.48. The number of aryl methyl sites for hydroxylation is 1. The summed E-state index contributed by atoms with van der Waals surface area (Å²) in [6.07, 6.45) is -1.38. The van der Waals surface area contributed by atoms with Gasteiger partial charge in [0.15, 0.2) is 0 Å². The van der Waals surface area contributed by atoms with Gasteiger partial charge in [0, 0.05) is 49.1 Å². The Labute approximate surface area is 325 Å². The number of alkyl halides is 3. The van der Waals surface area contributed by atoms with Crippen molar-refractivity contribution in [1.29, 1.82) is 5.26 Å². The van der Waals surface area contributed by atoms with Gasteiger partial charge >= 0.3 is 12.1 Å². The zero-order valence-corrected chi connectivity index (χ0v) is 31.9. The summed E-state index contributed by atoms with van der Waals surface area (Å²) in [6.45, 7) is 8.00. The maximum atomic E-state index is 15.0. The zero-order valence-electron chi connectivity index (χ0n) is 31.1. The molecule has 2 amide bonds. The number of rotatable bonds is 13. The first-order chi connectivity index (χ1) is 25.6. The van der Waals surface area contributed by atoms with Crippen LogP contribution in [0.5, 0.6) is 5.75 Å². The van der Waals surface area contributed by atoms with Crippen LogP contribution in [0.1, 0.15) is 105 Å². The average molecular weight is 785 g/mol. The molecule has 1 N–H and O–H groups in total. The highest BCUT2D eigenvalue weighted by Gasteiger charge is 2.56. The van der Waals surface area contributed by atoms with E-state index in [1.54, 1.807) is 24.1 Å². The fraction of sp³-hybridized carbons (Fsp3) is 0.537. The van der Waals surface area contributed by atoms with E-state index in [2.05, 4.69) is 11.1 Å². The molecule has 2 aromatic heterocycles. The Balaban J connectivity index is 0.00000673. The first kappa shape index (κ1) is 43.3. The normalized spacial score (nSPS) is 19.9. The van der Waals surface area contributed by atoms with Gasteiger partial charge in [-0.1, -0.05) is 45.0 Å². The molecular weight excluding hydrogens is 734 g/mol. The van der Waals surface area contributed by atoms with Crippen LogP contribution in [0.2, 0.25) is 0 Å². The fourth-order valence-corrected chi connectivity index (χ4v) is 8.16. The van der Waals surface area contributed by atoms with Crippen molar-refractivity contribution in [2.24, 2.45) is 5.41 Å². The van der Waals surface area contributed by atoms with Crippen LogP contribution in [0, 0.1) is 23.7 Å². The van der Waals surface area contributed by atoms with Crippen molar-refractivity contribution in [3.05, 3.63) is 81.3 Å². The topological polar surface area (TPSA) is 133 Å². The van der Waals surface area contributed by atoms with E-state index in [4.69, 9.17) is 9.47 Å². The largest absolute Gasteiger partial charge is 0.481 e. The maximum absolute atomic E-state index is 15.0. The SMILES string of the molecule is C.CCC[C@H]1N(C(=O)c2ncccc2C(F)(F)F)CCC[C@@]1(Oc1csc(C)c1)C(=O)N1CCC(C#N)(c2ccccc2COCCC(C)(C)C(=O)O)CC1. The van der Waals surface area contributed by atoms with Gasteiger partial charge in [-0.2, -0.15) is 18.4 Å². The lowest BCUT2D eigenvalue weighted by Crippen LogP contribution is -2.68. The molecule has 0 unspecified atom stereocenters. The summed E-state index contributed by atoms with van der Waals surface area (Å²) in [5, 5.41) is 21.9. The molecule has 10 nitrogen and oxygen atoms in total. The number of carbonyl (C=O) groups is 3. The van der Waals surface area contributed by atoms with Gasteiger partial charge < -0.3 is 24.4 Å². The van der Waals surface area contributed by atoms with Gasteiger partial charge in [-0.05, 0) is 82.2 Å². The van der Waals surface area contributed by atoms with Gasteiger partial charge in [-0.3, -0.25) is 19.4 Å². The monoisotopic (exact) mass is 784 g/mol. The molecule has 14 heteroatoms. The number of carboxylic acids is 1. The molecule has 0 bridgehead atoms. The van der Waals surface area contributed by atoms with Gasteiger partial charge in [-0.15, -0.1) is 11.3 Å². The van der Waals surface area contributed by atoms with Crippen molar-refractivity contribution < 1.29 is 42.1 Å². The van der Waals surface area contributed by atoms with Crippen LogP contribution >= 0.6 is 11.3 Å². The van der Waals surface area contributed by atoms with Crippen LogP contribution in [-0.4, -0.2) is 75.6 Å². The Morgan fingerprint density at radius 3 is 2.42 bits per heavy atom. The third-order valence-electron chi connectivity index (χ3n) is 10.7. The van der Waals surface area contributed by atoms with Crippen LogP contribution in [-0.2, 0) is 32.5 Å². The number of nitriles is 1. The molecule has 1 aromatic carbocycles. The molecule has 4 heterocycles. The Morgan fingerprint density at radius 2 is 1.80 bits per heavy atom. The summed E-state index contributed by atoms with van der Waals surface area (Å²) in [5.41, 5.74) is -3.76. The summed E-state index contributed by atoms with van der Waals surface area (Å²) < 4.78 is 54.8. The second-order valence-electron chi connectivity index (χ2n) is 14.8. The first-order valence-corrected chi connectivity index (χ1v) is 19.1. The summed E-state index contributed by atoms with van der Waals surface area (Å²) in [7, 11) is 0. The van der Waals surface area contributed by atoms with Crippen molar-refractivity contribution in [1.82, 2.24) is 14.8 Å². The van der Waals surface area contributed by atoms with Gasteiger partial charge in [0.1, 0.15) is 11.4 Å². The van der Waals surface area contributed by atoms with E-state index >= 15 is 4.79 Å². The fourth-order valence-electron chi connectivity index (χ4n) is 7.56. The Kier molecular flexibility index (Phi) is 13.8. The number of amides is 2. The number of halogens is 3. The number of aromatic nitrogens is 1. The number of nitrogens with zero attached hydrogens (tertiary/aromatic N) is 4. The summed E-state index contributed by atoms with van der Waals surface area (Å²) in [4.78, 5) is 48.5. The number of carbonyl (C=O) groups excluding carboxylic acids is 2. The third-order valence-corrected chi connectivity index (χ3v) is 11.6. The lowest BCUT2D eigenvalue weighted by Gasteiger charge is -2.51. The molecule has 0 aliphatic carbocycles. The minimum Gasteiger partial charge on any atom is -0.481 e. The van der Waals surface area contributed by atoms with Crippen molar-refractivity contribution in [2.45, 2.75) is 110 Å². The van der Waals surface area contributed by atoms with Crippen molar-refractivity contribution in [3.63, 3.8) is 0 Å². The van der Waals surface area contributed by atoms with E-state index in [0.29, 0.717) is 44.3 Å². The molecule has 55 heavy (non-hydrogen) atoms. The molecule has 0 radical (unpaired) electrons. The number of ether oxygens (including phenoxy) is 2. The van der Waals surface area contributed by atoms with Crippen LogP contribution in [0.15, 0.2) is 54.0 Å². The van der Waals surface area contributed by atoms with E-state index < -0.39 is 51.8 Å². The molecule has 2 atom stereocenters. The summed E-state index contributed by atoms with van der Waals surface area (Å²) in [6, 6.07) is 12.9. The number of thiophene rings is 1. The van der Waals surface area contributed by atoms with Crippen molar-refractivity contribution in [2.75, 3.05) is 26.2 Å². The zero-order chi connectivity index (χ0) is 39.3. The molecule has 2 aliphatic heterocycles. The van der Waals surface area contributed by atoms with E-state index in [9.17, 15) is 33.1 Å². The summed E-state index contributed by atoms with van der Waals surface area (Å²) in [5.74, 6) is -1.75. The Bertz CT molecular complexity index is 1870. The van der Waals surface area contributed by atoms with Gasteiger partial charge in [0.25, 0.3) is 11.8 Å². The smallest absolute Gasteiger partial charge is 0.418 e. The lowest BCUT2D eigenvalue weighted by atomic mass is 9.71. The molecule has 0 spiro atoms. The van der Waals surface area contributed by atoms with E-state index in [1.165, 1.54) is 16.2 Å². The van der Waals surface area contributed by atoms with Gasteiger partial charge in [0.2, 0.25) is 5.60 Å². The van der Waals surface area contributed by atoms with Crippen LogP contribution < -0.4 is 4.74 Å². The van der Waals surface area contributed by atoms with Crippen molar-refractivity contribution in [3.8, 4) is 11.8 Å². The third kappa shape index (κ3) is 9.15. The number of benzene rings is 1. The highest BCUT2D eigenvalue weighted by atomic mass is 32.1. The number of piperidine rings is 2. The Morgan fingerprint density at radius 1 is 1.09 bits per heavy atom. The van der Waals surface area contributed by atoms with Crippen molar-refractivity contribution >= 4 is 29.1 Å². The standard InChI is InChI=1S/C40H47F3N4O6S.CH4/c1-5-10-32-39(53-29-23-27(2)54-25-29,14-9-19-47(32)34(48)33-31(40(41,42)43)13-8-18-45-33)35(49)46-20-15-38(26-44,16-21-46)30-12-7-6-11-28(30)24-52-22-17-37(3,4)36(50)51;/h6-8,11-13,18,23,25,32H,5,9-10,14-17,19-22,24H2,1-4H3,(H,50,51);1H4/t32-,39+;/m1./s1. The lowest BCUT2D eigenvalue weighted by molar-refractivity contribution is -0.160. The molecular formula is C41H51F3N4O6S. The molecule has 0 saturated carbocycles. The highest BCUT2D eigenvalue weighted by molar-refractivity contribution is 7.10. The first-order valence-electron chi connectivity index (χ1n) is 18.3. The molecule has 298 valence electrons. The summed E-state index contributed by atoms with van der Waals surface area (Å²) >= 11 is 1.44. The molecule has 2 aliphatic rings. The molecule has 2 saturated heterocycles. The minimum atomic E-state index is -4.81. The van der Waals surface area contributed by atoms with Gasteiger partial charge in [0.05, 0.1) is 35.1 Å². The number of likely N-dealkylation sites (tertiary alicyclic amines) is 2. The second kappa shape index (κ2) is 17.5. The van der Waals surface area contributed by atoms with Crippen LogP contribution in [0.4, 0.5) is 13.2 Å². The molecule has 5 rings (SSSR count). The highest BCUT2D eigenvalue weighted by Crippen LogP contribution is 2.43. The van der Waals surface area contributed by atoms with E-state index in [1.807, 2.05) is 44.2 Å². The number of aliphatic carboxylic acids is 1. The quantitative estimate of drug-likeness (QED) is 0.171. The average Bonchev–Trinajstić information content (AvgIpc) is 3.57. The predicted octanol–water partition coefficient (Wildman–Crippen LogP) is 8.43. The van der Waals surface area contributed by atoms with Crippen LogP contribution in [0.3, 0.4) is 0 Å². The number of hydrogen-bond donors (Lipinski definition) is 1. The van der Waals surface area contributed by atoms with Crippen LogP contribution in [0.25, 0.3) is 0 Å². The van der Waals surface area contributed by atoms with Gasteiger partial charge in [-0.25, -0.2) is 0 Å². The molecule has 2 fully saturated rings. The number of hydrogen-bond acceptors (Lipinski definition) is 8. The predicted molar refractivity (Wildman–Crippen MR) is 203 cm³/mol. The minimum absolute atomic E-state index is 0. The van der Waals surface area contributed by atoms with E-state index in [0.717, 1.165) is 34.3 Å². The number of carboxylic acid groups (broad SMARTS) is 1. The number of pyridine rings is 1. The van der Waals surface area contributed by atoms with E-state index in [-0.39, 0.29) is 52.6 Å².